The molecule has 2 rings (SSSR count). The molecule has 63 heavy (non-hydrogen) atoms. The molecule has 0 fully saturated rings. The maximum atomic E-state index is 12.6. The van der Waals surface area contributed by atoms with Crippen molar-refractivity contribution in [2.75, 3.05) is 93.1 Å². The Morgan fingerprint density at radius 3 is 1.46 bits per heavy atom. The van der Waals surface area contributed by atoms with Gasteiger partial charge < -0.3 is 60.0 Å². The van der Waals surface area contributed by atoms with Gasteiger partial charge in [-0.1, -0.05) is 36.4 Å². The summed E-state index contributed by atoms with van der Waals surface area (Å²) >= 11 is 0. The van der Waals surface area contributed by atoms with E-state index in [1.165, 1.54) is 13.8 Å². The molecule has 20 nitrogen and oxygen atoms in total. The lowest BCUT2D eigenvalue weighted by atomic mass is 10.1. The van der Waals surface area contributed by atoms with E-state index in [2.05, 4.69) is 16.0 Å². The molecule has 20 heteroatoms. The first-order valence-electron chi connectivity index (χ1n) is 20.3. The van der Waals surface area contributed by atoms with Gasteiger partial charge >= 0.3 is 17.9 Å². The topological polar surface area (TPSA) is 277 Å². The monoisotopic (exact) mass is 889 g/mol. The molecule has 1 atom stereocenters. The van der Waals surface area contributed by atoms with Crippen molar-refractivity contribution in [3.05, 3.63) is 70.8 Å². The van der Waals surface area contributed by atoms with E-state index in [0.29, 0.717) is 58.1 Å². The lowest BCUT2D eigenvalue weighted by Gasteiger charge is -2.16. The molecule has 1 unspecified atom stereocenters. The largest absolute Gasteiger partial charge is 0.481 e. The van der Waals surface area contributed by atoms with Crippen LogP contribution in [0.3, 0.4) is 0 Å². The molecule has 350 valence electrons. The van der Waals surface area contributed by atoms with Gasteiger partial charge in [0.05, 0.1) is 52.5 Å². The second-order valence-electron chi connectivity index (χ2n) is 14.3. The Kier molecular flexibility index (Phi) is 29.0. The molecule has 0 bridgehead atoms. The maximum absolute atomic E-state index is 12.6. The zero-order valence-corrected chi connectivity index (χ0v) is 36.6. The van der Waals surface area contributed by atoms with Crippen LogP contribution in [0.4, 0.5) is 0 Å². The molecule has 0 heterocycles. The third-order valence-corrected chi connectivity index (χ3v) is 8.58. The van der Waals surface area contributed by atoms with Crippen molar-refractivity contribution < 1.29 is 72.6 Å². The zero-order valence-electron chi connectivity index (χ0n) is 36.6. The number of ether oxygens (including phenoxy) is 4. The highest BCUT2D eigenvalue weighted by Crippen LogP contribution is 2.10. The normalized spacial score (nSPS) is 11.3. The molecular formula is C43H63N5O15. The fourth-order valence-electron chi connectivity index (χ4n) is 5.22. The highest BCUT2D eigenvalue weighted by molar-refractivity contribution is 5.96. The third kappa shape index (κ3) is 29.3. The first-order chi connectivity index (χ1) is 30.0. The quantitative estimate of drug-likeness (QED) is 0.0434. The predicted molar refractivity (Wildman–Crippen MR) is 228 cm³/mol. The number of benzene rings is 2. The lowest BCUT2D eigenvalue weighted by Crippen LogP contribution is -2.41. The number of nitrogens with one attached hydrogen (secondary N) is 3. The van der Waals surface area contributed by atoms with Crippen LogP contribution in [0.25, 0.3) is 0 Å². The summed E-state index contributed by atoms with van der Waals surface area (Å²) in [4.78, 5) is 94.8. The summed E-state index contributed by atoms with van der Waals surface area (Å²) in [6.07, 6.45) is -0.0873. The van der Waals surface area contributed by atoms with Crippen LogP contribution in [0.15, 0.2) is 48.5 Å². The molecule has 0 saturated heterocycles. The van der Waals surface area contributed by atoms with Crippen LogP contribution in [0.1, 0.15) is 71.4 Å². The minimum absolute atomic E-state index is 0.0143. The van der Waals surface area contributed by atoms with Crippen LogP contribution in [-0.4, -0.2) is 171 Å². The summed E-state index contributed by atoms with van der Waals surface area (Å²) in [5.41, 5.74) is 2.88. The molecular weight excluding hydrogens is 826 g/mol. The second kappa shape index (κ2) is 33.0. The summed E-state index contributed by atoms with van der Waals surface area (Å²) in [5, 5.41) is 34.5. The van der Waals surface area contributed by atoms with Gasteiger partial charge in [0.25, 0.3) is 5.91 Å². The minimum atomic E-state index is -1.27. The molecule has 0 aromatic heterocycles. The first-order valence-corrected chi connectivity index (χ1v) is 20.3. The van der Waals surface area contributed by atoms with Crippen LogP contribution in [0, 0.1) is 0 Å². The molecule has 0 aliphatic heterocycles. The maximum Gasteiger partial charge on any atom is 0.326 e. The Morgan fingerprint density at radius 2 is 1.02 bits per heavy atom. The minimum Gasteiger partial charge on any atom is -0.481 e. The van der Waals surface area contributed by atoms with Crippen molar-refractivity contribution in [2.24, 2.45) is 0 Å². The van der Waals surface area contributed by atoms with Crippen molar-refractivity contribution >= 4 is 47.2 Å². The van der Waals surface area contributed by atoms with Crippen LogP contribution >= 0.6 is 0 Å². The number of carboxylic acids is 3. The zero-order chi connectivity index (χ0) is 47.0. The van der Waals surface area contributed by atoms with E-state index in [-0.39, 0.29) is 88.3 Å². The number of carbonyl (C=O) groups is 8. The Balaban J connectivity index is 0.000000969. The van der Waals surface area contributed by atoms with E-state index in [4.69, 9.17) is 29.2 Å². The highest BCUT2D eigenvalue weighted by Gasteiger charge is 2.22. The summed E-state index contributed by atoms with van der Waals surface area (Å²) < 4.78 is 20.9. The molecule has 0 aliphatic rings. The summed E-state index contributed by atoms with van der Waals surface area (Å²) in [5.74, 6) is -4.26. The molecule has 0 aliphatic carbocycles. The van der Waals surface area contributed by atoms with Gasteiger partial charge in [0, 0.05) is 56.8 Å². The van der Waals surface area contributed by atoms with Gasteiger partial charge in [-0.05, 0) is 57.6 Å². The average molecular weight is 890 g/mol. The number of rotatable bonds is 33. The van der Waals surface area contributed by atoms with Gasteiger partial charge in [-0.25, -0.2) is 4.79 Å². The first kappa shape index (κ1) is 55.4. The van der Waals surface area contributed by atoms with Crippen molar-refractivity contribution in [2.45, 2.75) is 58.7 Å². The van der Waals surface area contributed by atoms with Crippen molar-refractivity contribution in [1.29, 1.82) is 0 Å². The Labute approximate surface area is 367 Å². The summed E-state index contributed by atoms with van der Waals surface area (Å²) in [6.45, 7) is 6.86. The van der Waals surface area contributed by atoms with Gasteiger partial charge in [0.2, 0.25) is 11.8 Å². The Morgan fingerprint density at radius 1 is 0.571 bits per heavy atom. The Bertz CT molecular complexity index is 1720. The third-order valence-electron chi connectivity index (χ3n) is 8.58. The van der Waals surface area contributed by atoms with Crippen LogP contribution in [0.2, 0.25) is 0 Å². The van der Waals surface area contributed by atoms with Gasteiger partial charge in [0.15, 0.2) is 11.6 Å². The predicted octanol–water partition coefficient (Wildman–Crippen LogP) is 1.24. The summed E-state index contributed by atoms with van der Waals surface area (Å²) in [7, 11) is 3.66. The van der Waals surface area contributed by atoms with Crippen LogP contribution in [0.5, 0.6) is 0 Å². The summed E-state index contributed by atoms with van der Waals surface area (Å²) in [6, 6.07) is 12.6. The number of ketones is 2. The number of nitrogens with zero attached hydrogens (tertiary/aromatic N) is 2. The number of hydrogen-bond donors (Lipinski definition) is 6. The number of hydrogen-bond acceptors (Lipinski definition) is 14. The fourth-order valence-corrected chi connectivity index (χ4v) is 5.22. The lowest BCUT2D eigenvalue weighted by molar-refractivity contribution is -0.140. The standard InChI is InChI=1S/C30H46N4O12.C13H17NO3/c1-22(35)20-45-17-15-44-14-11-32-27(37)21-46-18-16-43-13-10-31-26(36)8-7-25(30(41)42)33-29(40)24-5-3-23(4-6-24)19-34(2)12-9-28(38)39;1-10(15)12-5-3-11(4-6-12)9-14(2)8-7-13(16)17/h3-6,25H,7-21H2,1-2H3,(H,31,36)(H,32,37)(H,33,40)(H,38,39)(H,41,42);3-6H,7-9H2,1-2H3,(H,16,17). The second-order valence-corrected chi connectivity index (χ2v) is 14.3. The van der Waals surface area contributed by atoms with Gasteiger partial charge in [-0.2, -0.15) is 0 Å². The molecule has 6 N–H and O–H groups in total. The average Bonchev–Trinajstić information content (AvgIpc) is 3.23. The van der Waals surface area contributed by atoms with Crippen molar-refractivity contribution in [3.8, 4) is 0 Å². The number of aliphatic carboxylic acids is 3. The Hall–Kier alpha value is -5.64. The smallest absolute Gasteiger partial charge is 0.326 e. The SMILES string of the molecule is CC(=O)COCCOCCNC(=O)COCCOCCNC(=O)CCC(NC(=O)c1ccc(CN(C)CCC(=O)O)cc1)C(=O)O.CC(=O)c1ccc(CN(C)CCC(=O)O)cc1. The van der Waals surface area contributed by atoms with Crippen LogP contribution < -0.4 is 16.0 Å². The number of carbonyl (C=O) groups excluding carboxylic acids is 5. The van der Waals surface area contributed by atoms with Crippen LogP contribution in [-0.2, 0) is 60.8 Å². The van der Waals surface area contributed by atoms with Gasteiger partial charge in [-0.15, -0.1) is 0 Å². The van der Waals surface area contributed by atoms with Crippen molar-refractivity contribution in [1.82, 2.24) is 25.8 Å². The van der Waals surface area contributed by atoms with E-state index in [1.54, 1.807) is 43.4 Å². The van der Waals surface area contributed by atoms with E-state index in [1.807, 2.05) is 29.0 Å². The van der Waals surface area contributed by atoms with E-state index in [9.17, 15) is 43.5 Å². The molecule has 0 radical (unpaired) electrons. The number of amides is 3. The highest BCUT2D eigenvalue weighted by atomic mass is 16.5. The van der Waals surface area contributed by atoms with E-state index in [0.717, 1.165) is 11.1 Å². The molecule has 3 amide bonds. The molecule has 2 aromatic carbocycles. The number of carboxylic acid groups (broad SMARTS) is 3. The van der Waals surface area contributed by atoms with E-state index >= 15 is 0 Å². The molecule has 0 saturated carbocycles. The van der Waals surface area contributed by atoms with Gasteiger partial charge in [0.1, 0.15) is 19.3 Å². The molecule has 0 spiro atoms. The fraction of sp³-hybridized carbons (Fsp3) is 0.535. The molecule has 2 aromatic rings. The van der Waals surface area contributed by atoms with E-state index < -0.39 is 35.8 Å². The number of Topliss-reactive ketones (excluding diaryl/α,β-unsaturated/α-hetero) is 2. The van der Waals surface area contributed by atoms with Gasteiger partial charge in [-0.3, -0.25) is 33.6 Å². The van der Waals surface area contributed by atoms with Crippen molar-refractivity contribution in [3.63, 3.8) is 0 Å².